The Hall–Kier alpha value is -2.49. The summed E-state index contributed by atoms with van der Waals surface area (Å²) < 4.78 is 33.4. The van der Waals surface area contributed by atoms with Crippen LogP contribution < -0.4 is 0 Å². The molecule has 1 unspecified atom stereocenters. The standard InChI is InChI=1S/C19H20FN5O3/c1-11-23-15(13-8-12(9-21-17(13)20)19-27-6-7-28-19)16-18(24-11)25(10-22-16)14-4-2-3-5-26-14/h8-10,14,19H,2-7H2,1H3. The molecule has 0 spiro atoms. The SMILES string of the molecule is Cc1nc(-c2cc(C3OCCO3)cnc2F)c2ncn(C3CCCCO3)c2n1. The molecule has 28 heavy (non-hydrogen) atoms. The van der Waals surface area contributed by atoms with Crippen molar-refractivity contribution in [1.82, 2.24) is 24.5 Å². The van der Waals surface area contributed by atoms with Gasteiger partial charge in [0.2, 0.25) is 5.95 Å². The Morgan fingerprint density at radius 2 is 1.93 bits per heavy atom. The number of hydrogen-bond donors (Lipinski definition) is 0. The number of ether oxygens (including phenoxy) is 3. The summed E-state index contributed by atoms with van der Waals surface area (Å²) in [6.07, 6.45) is 5.49. The van der Waals surface area contributed by atoms with Crippen molar-refractivity contribution in [2.24, 2.45) is 0 Å². The summed E-state index contributed by atoms with van der Waals surface area (Å²) in [6.45, 7) is 3.49. The van der Waals surface area contributed by atoms with E-state index in [2.05, 4.69) is 19.9 Å². The molecule has 0 N–H and O–H groups in total. The van der Waals surface area contributed by atoms with Gasteiger partial charge in [-0.05, 0) is 32.3 Å². The highest BCUT2D eigenvalue weighted by Gasteiger charge is 2.25. The molecule has 0 aromatic carbocycles. The molecule has 1 atom stereocenters. The summed E-state index contributed by atoms with van der Waals surface area (Å²) in [5, 5.41) is 0. The number of hydrogen-bond acceptors (Lipinski definition) is 7. The van der Waals surface area contributed by atoms with Gasteiger partial charge in [-0.3, -0.25) is 4.57 Å². The van der Waals surface area contributed by atoms with E-state index in [1.165, 1.54) is 6.20 Å². The van der Waals surface area contributed by atoms with Gasteiger partial charge in [0.15, 0.2) is 11.9 Å². The van der Waals surface area contributed by atoms with Crippen molar-refractivity contribution in [1.29, 1.82) is 0 Å². The molecule has 2 aliphatic rings. The van der Waals surface area contributed by atoms with E-state index >= 15 is 0 Å². The first-order valence-corrected chi connectivity index (χ1v) is 9.42. The van der Waals surface area contributed by atoms with E-state index in [-0.39, 0.29) is 11.8 Å². The number of halogens is 1. The first-order valence-electron chi connectivity index (χ1n) is 9.42. The maximum Gasteiger partial charge on any atom is 0.222 e. The van der Waals surface area contributed by atoms with E-state index in [9.17, 15) is 4.39 Å². The molecule has 2 saturated heterocycles. The lowest BCUT2D eigenvalue weighted by Crippen LogP contribution is -2.18. The number of aromatic nitrogens is 5. The second-order valence-corrected chi connectivity index (χ2v) is 6.95. The molecule has 9 heteroatoms. The van der Waals surface area contributed by atoms with E-state index in [1.807, 2.05) is 4.57 Å². The molecule has 2 fully saturated rings. The van der Waals surface area contributed by atoms with Gasteiger partial charge in [0, 0.05) is 18.4 Å². The van der Waals surface area contributed by atoms with E-state index in [4.69, 9.17) is 14.2 Å². The van der Waals surface area contributed by atoms with Crippen molar-refractivity contribution in [2.75, 3.05) is 19.8 Å². The largest absolute Gasteiger partial charge is 0.358 e. The third-order valence-electron chi connectivity index (χ3n) is 5.01. The molecule has 3 aromatic heterocycles. The van der Waals surface area contributed by atoms with Crippen LogP contribution in [0.5, 0.6) is 0 Å². The summed E-state index contributed by atoms with van der Waals surface area (Å²) in [5.74, 6) is -0.0946. The van der Waals surface area contributed by atoms with Crippen LogP contribution in [0.4, 0.5) is 4.39 Å². The van der Waals surface area contributed by atoms with Crippen LogP contribution in [0.15, 0.2) is 18.6 Å². The maximum atomic E-state index is 14.7. The average Bonchev–Trinajstić information content (AvgIpc) is 3.38. The van der Waals surface area contributed by atoms with Gasteiger partial charge in [-0.15, -0.1) is 0 Å². The highest BCUT2D eigenvalue weighted by molar-refractivity contribution is 5.87. The smallest absolute Gasteiger partial charge is 0.222 e. The molecule has 0 radical (unpaired) electrons. The molecular formula is C19H20FN5O3. The van der Waals surface area contributed by atoms with Gasteiger partial charge in [-0.2, -0.15) is 4.39 Å². The maximum absolute atomic E-state index is 14.7. The van der Waals surface area contributed by atoms with Crippen LogP contribution >= 0.6 is 0 Å². The lowest BCUT2D eigenvalue weighted by molar-refractivity contribution is -0.0443. The van der Waals surface area contributed by atoms with Gasteiger partial charge in [-0.1, -0.05) is 0 Å². The molecule has 3 aromatic rings. The summed E-state index contributed by atoms with van der Waals surface area (Å²) in [4.78, 5) is 17.4. The van der Waals surface area contributed by atoms with Crippen LogP contribution in [0, 0.1) is 12.9 Å². The topological polar surface area (TPSA) is 84.2 Å². The zero-order valence-electron chi connectivity index (χ0n) is 15.5. The van der Waals surface area contributed by atoms with E-state index in [0.717, 1.165) is 19.3 Å². The third-order valence-corrected chi connectivity index (χ3v) is 5.01. The van der Waals surface area contributed by atoms with E-state index in [1.54, 1.807) is 19.3 Å². The molecule has 0 saturated carbocycles. The quantitative estimate of drug-likeness (QED) is 0.641. The zero-order chi connectivity index (χ0) is 19.1. The summed E-state index contributed by atoms with van der Waals surface area (Å²) in [6, 6.07) is 1.66. The van der Waals surface area contributed by atoms with Crippen molar-refractivity contribution in [3.8, 4) is 11.3 Å². The Kier molecular flexibility index (Phi) is 4.50. The highest BCUT2D eigenvalue weighted by Crippen LogP contribution is 2.33. The van der Waals surface area contributed by atoms with Crippen LogP contribution in [0.25, 0.3) is 22.4 Å². The Labute approximate surface area is 160 Å². The molecule has 8 nitrogen and oxygen atoms in total. The van der Waals surface area contributed by atoms with Gasteiger partial charge in [0.25, 0.3) is 0 Å². The minimum absolute atomic E-state index is 0.115. The van der Waals surface area contributed by atoms with Gasteiger partial charge in [0.05, 0.1) is 25.1 Å². The normalized spacial score (nSPS) is 20.9. The van der Waals surface area contributed by atoms with Crippen LogP contribution in [0.2, 0.25) is 0 Å². The molecule has 0 aliphatic carbocycles. The van der Waals surface area contributed by atoms with Crippen LogP contribution in [0.1, 0.15) is 43.2 Å². The fourth-order valence-corrected chi connectivity index (χ4v) is 3.68. The number of aryl methyl sites for hydroxylation is 1. The van der Waals surface area contributed by atoms with Gasteiger partial charge in [-0.25, -0.2) is 19.9 Å². The molecule has 0 amide bonds. The minimum Gasteiger partial charge on any atom is -0.358 e. The first-order chi connectivity index (χ1) is 13.7. The molecule has 2 aliphatic heterocycles. The monoisotopic (exact) mass is 385 g/mol. The predicted molar refractivity (Wildman–Crippen MR) is 96.7 cm³/mol. The fourth-order valence-electron chi connectivity index (χ4n) is 3.68. The predicted octanol–water partition coefficient (Wildman–Crippen LogP) is 3.08. The minimum atomic E-state index is -0.621. The van der Waals surface area contributed by atoms with Crippen molar-refractivity contribution in [2.45, 2.75) is 38.7 Å². The van der Waals surface area contributed by atoms with Crippen molar-refractivity contribution < 1.29 is 18.6 Å². The van der Waals surface area contributed by atoms with Crippen molar-refractivity contribution in [3.05, 3.63) is 35.9 Å². The van der Waals surface area contributed by atoms with Gasteiger partial charge >= 0.3 is 0 Å². The number of imidazole rings is 1. The molecule has 0 bridgehead atoms. The Bertz CT molecular complexity index is 1010. The van der Waals surface area contributed by atoms with Crippen molar-refractivity contribution >= 4 is 11.2 Å². The molecule has 146 valence electrons. The highest BCUT2D eigenvalue weighted by atomic mass is 19.1. The number of rotatable bonds is 3. The van der Waals surface area contributed by atoms with Gasteiger partial charge in [0.1, 0.15) is 23.3 Å². The number of fused-ring (bicyclic) bond motifs is 1. The third kappa shape index (κ3) is 3.05. The molecular weight excluding hydrogens is 365 g/mol. The Balaban J connectivity index is 1.63. The summed E-state index contributed by atoms with van der Waals surface area (Å²) in [7, 11) is 0. The second-order valence-electron chi connectivity index (χ2n) is 6.95. The zero-order valence-corrected chi connectivity index (χ0v) is 15.5. The second kappa shape index (κ2) is 7.16. The number of pyridine rings is 1. The number of nitrogens with zero attached hydrogens (tertiary/aromatic N) is 5. The van der Waals surface area contributed by atoms with E-state index < -0.39 is 12.2 Å². The van der Waals surface area contributed by atoms with E-state index in [0.29, 0.717) is 48.1 Å². The molecule has 5 heterocycles. The summed E-state index contributed by atoms with van der Waals surface area (Å²) >= 11 is 0. The molecule has 5 rings (SSSR count). The Morgan fingerprint density at radius 1 is 1.07 bits per heavy atom. The lowest BCUT2D eigenvalue weighted by atomic mass is 10.1. The van der Waals surface area contributed by atoms with Crippen LogP contribution in [-0.2, 0) is 14.2 Å². The fraction of sp³-hybridized carbons (Fsp3) is 0.474. The van der Waals surface area contributed by atoms with Crippen LogP contribution in [-0.4, -0.2) is 44.3 Å². The summed E-state index contributed by atoms with van der Waals surface area (Å²) in [5.41, 5.74) is 2.45. The van der Waals surface area contributed by atoms with Crippen LogP contribution in [0.3, 0.4) is 0 Å². The van der Waals surface area contributed by atoms with Crippen molar-refractivity contribution in [3.63, 3.8) is 0 Å². The first kappa shape index (κ1) is 17.6. The lowest BCUT2D eigenvalue weighted by Gasteiger charge is -2.23. The Morgan fingerprint density at radius 3 is 2.71 bits per heavy atom. The van der Waals surface area contributed by atoms with Gasteiger partial charge < -0.3 is 14.2 Å². The average molecular weight is 385 g/mol.